The Bertz CT molecular complexity index is 992. The molecule has 1 aromatic heterocycles. The third kappa shape index (κ3) is 8.12. The second kappa shape index (κ2) is 12.4. The van der Waals surface area contributed by atoms with Crippen LogP contribution in [0.1, 0.15) is 0 Å². The predicted octanol–water partition coefficient (Wildman–Crippen LogP) is 4.09. The standard InChI is InChI=1S/C12H14N4O4S2.C7H5NS/c1-19-11(17)15-9(21)13-7-5-3-4-6-8(7)14-10(22)16-12(18)20-2;1-2-4-7-6(3-1)8-5-9-7/h3-6H,1-2H3,(H2,13,15,17,21)(H2,14,16,18,22);1-5H. The number of carbonyl (C=O) groups is 2. The first-order valence-electron chi connectivity index (χ1n) is 8.62. The summed E-state index contributed by atoms with van der Waals surface area (Å²) in [6.07, 6.45) is -1.38. The summed E-state index contributed by atoms with van der Waals surface area (Å²) in [4.78, 5) is 26.3. The number of nitrogens with zero attached hydrogens (tertiary/aromatic N) is 1. The lowest BCUT2D eigenvalue weighted by Gasteiger charge is -2.15. The largest absolute Gasteiger partial charge is 0.453 e. The first-order valence-corrected chi connectivity index (χ1v) is 10.3. The molecule has 0 fully saturated rings. The lowest BCUT2D eigenvalue weighted by atomic mass is 10.2. The second-order valence-corrected chi connectivity index (χ2v) is 7.21. The summed E-state index contributed by atoms with van der Waals surface area (Å²) >= 11 is 11.6. The average molecular weight is 478 g/mol. The Morgan fingerprint density at radius 2 is 1.32 bits per heavy atom. The molecule has 3 rings (SSSR count). The van der Waals surface area contributed by atoms with Crippen molar-refractivity contribution in [3.8, 4) is 0 Å². The van der Waals surface area contributed by atoms with Crippen LogP contribution in [0.25, 0.3) is 10.2 Å². The van der Waals surface area contributed by atoms with Gasteiger partial charge in [-0.15, -0.1) is 11.3 Å². The lowest BCUT2D eigenvalue weighted by Crippen LogP contribution is -2.35. The van der Waals surface area contributed by atoms with Crippen molar-refractivity contribution in [2.75, 3.05) is 24.9 Å². The van der Waals surface area contributed by atoms with Crippen molar-refractivity contribution in [1.82, 2.24) is 15.6 Å². The number of amides is 2. The zero-order valence-corrected chi connectivity index (χ0v) is 19.0. The van der Waals surface area contributed by atoms with Crippen LogP contribution in [0.3, 0.4) is 0 Å². The molecule has 0 radical (unpaired) electrons. The van der Waals surface area contributed by atoms with E-state index < -0.39 is 12.2 Å². The van der Waals surface area contributed by atoms with Crippen LogP contribution >= 0.6 is 35.8 Å². The first kappa shape index (κ1) is 23.9. The number of fused-ring (bicyclic) bond motifs is 1. The Balaban J connectivity index is 0.000000309. The minimum absolute atomic E-state index is 0.0490. The normalized spacial score (nSPS) is 9.48. The Labute approximate surface area is 193 Å². The molecule has 0 aliphatic heterocycles. The van der Waals surface area contributed by atoms with E-state index in [2.05, 4.69) is 41.8 Å². The molecule has 31 heavy (non-hydrogen) atoms. The van der Waals surface area contributed by atoms with Crippen molar-refractivity contribution in [2.45, 2.75) is 0 Å². The van der Waals surface area contributed by atoms with E-state index >= 15 is 0 Å². The second-order valence-electron chi connectivity index (χ2n) is 5.51. The van der Waals surface area contributed by atoms with E-state index in [4.69, 9.17) is 24.4 Å². The molecular formula is C19H19N5O4S3. The van der Waals surface area contributed by atoms with Gasteiger partial charge in [-0.2, -0.15) is 0 Å². The van der Waals surface area contributed by atoms with Gasteiger partial charge in [0.25, 0.3) is 0 Å². The fourth-order valence-electron chi connectivity index (χ4n) is 2.10. The Hall–Kier alpha value is -3.35. The summed E-state index contributed by atoms with van der Waals surface area (Å²) in [7, 11) is 2.45. The summed E-state index contributed by atoms with van der Waals surface area (Å²) in [5.41, 5.74) is 4.04. The van der Waals surface area contributed by atoms with Crippen LogP contribution in [0.15, 0.2) is 54.0 Å². The molecule has 0 bridgehead atoms. The summed E-state index contributed by atoms with van der Waals surface area (Å²) in [5.74, 6) is 0. The Morgan fingerprint density at radius 1 is 0.839 bits per heavy atom. The highest BCUT2D eigenvalue weighted by molar-refractivity contribution is 7.80. The molecule has 0 saturated carbocycles. The molecule has 0 unspecified atom stereocenters. The number of aromatic nitrogens is 1. The third-order valence-corrected chi connectivity index (χ3v) is 4.68. The number of alkyl carbamates (subject to hydrolysis) is 2. The number of nitrogens with one attached hydrogen (secondary N) is 4. The van der Waals surface area contributed by atoms with Crippen LogP contribution < -0.4 is 21.3 Å². The maximum Gasteiger partial charge on any atom is 0.413 e. The number of benzene rings is 2. The van der Waals surface area contributed by atoms with E-state index in [1.807, 2.05) is 23.7 Å². The quantitative estimate of drug-likeness (QED) is 0.405. The van der Waals surface area contributed by atoms with Gasteiger partial charge in [0.2, 0.25) is 0 Å². The molecule has 9 nitrogen and oxygen atoms in total. The Morgan fingerprint density at radius 3 is 1.81 bits per heavy atom. The first-order chi connectivity index (χ1) is 14.9. The van der Waals surface area contributed by atoms with Gasteiger partial charge in [-0.1, -0.05) is 24.3 Å². The van der Waals surface area contributed by atoms with Crippen molar-refractivity contribution < 1.29 is 19.1 Å². The smallest absolute Gasteiger partial charge is 0.413 e. The van der Waals surface area contributed by atoms with Crippen LogP contribution in [-0.2, 0) is 9.47 Å². The van der Waals surface area contributed by atoms with Gasteiger partial charge in [0.05, 0.1) is 41.3 Å². The van der Waals surface area contributed by atoms with Crippen molar-refractivity contribution in [3.63, 3.8) is 0 Å². The van der Waals surface area contributed by atoms with Gasteiger partial charge >= 0.3 is 12.2 Å². The summed E-state index contributed by atoms with van der Waals surface area (Å²) in [5, 5.41) is 10.3. The fraction of sp³-hybridized carbons (Fsp3) is 0.105. The highest BCUT2D eigenvalue weighted by Gasteiger charge is 2.09. The molecule has 2 amide bonds. The molecule has 12 heteroatoms. The van der Waals surface area contributed by atoms with Crippen LogP contribution in [0.2, 0.25) is 0 Å². The monoisotopic (exact) mass is 477 g/mol. The SMILES string of the molecule is COC(=O)NC(=S)Nc1ccccc1NC(=S)NC(=O)OC.c1ccc2scnc2c1. The number of hydrogen-bond acceptors (Lipinski definition) is 8. The molecule has 0 saturated heterocycles. The molecule has 3 aromatic rings. The maximum absolute atomic E-state index is 11.1. The van der Waals surface area contributed by atoms with Gasteiger partial charge in [-0.05, 0) is 48.7 Å². The van der Waals surface area contributed by atoms with E-state index in [0.717, 1.165) is 5.52 Å². The number of hydrogen-bond donors (Lipinski definition) is 4. The molecule has 0 atom stereocenters. The minimum Gasteiger partial charge on any atom is -0.453 e. The van der Waals surface area contributed by atoms with Gasteiger partial charge in [0.1, 0.15) is 0 Å². The minimum atomic E-state index is -0.689. The van der Waals surface area contributed by atoms with Crippen molar-refractivity contribution in [3.05, 3.63) is 54.0 Å². The molecule has 162 valence electrons. The number of ether oxygens (including phenoxy) is 2. The fourth-order valence-corrected chi connectivity index (χ4v) is 3.16. The number of anilines is 2. The van der Waals surface area contributed by atoms with Gasteiger partial charge in [-0.25, -0.2) is 14.6 Å². The summed E-state index contributed by atoms with van der Waals surface area (Å²) < 4.78 is 10.1. The molecule has 1 heterocycles. The molecule has 0 aliphatic carbocycles. The van der Waals surface area contributed by atoms with E-state index in [9.17, 15) is 9.59 Å². The number of carbonyl (C=O) groups excluding carboxylic acids is 2. The van der Waals surface area contributed by atoms with Crippen molar-refractivity contribution in [2.24, 2.45) is 0 Å². The number of rotatable bonds is 2. The third-order valence-electron chi connectivity index (χ3n) is 3.46. The van der Waals surface area contributed by atoms with Crippen molar-refractivity contribution in [1.29, 1.82) is 0 Å². The highest BCUT2D eigenvalue weighted by Crippen LogP contribution is 2.20. The molecule has 2 aromatic carbocycles. The highest BCUT2D eigenvalue weighted by atomic mass is 32.1. The summed E-state index contributed by atoms with van der Waals surface area (Å²) in [6, 6.07) is 15.0. The number of thiocarbonyl (C=S) groups is 2. The van der Waals surface area contributed by atoms with E-state index in [-0.39, 0.29) is 10.2 Å². The molecule has 4 N–H and O–H groups in total. The summed E-state index contributed by atoms with van der Waals surface area (Å²) in [6.45, 7) is 0. The van der Waals surface area contributed by atoms with Gasteiger partial charge in [0.15, 0.2) is 10.2 Å². The lowest BCUT2D eigenvalue weighted by molar-refractivity contribution is 0.176. The molecular weight excluding hydrogens is 458 g/mol. The maximum atomic E-state index is 11.1. The zero-order valence-electron chi connectivity index (χ0n) is 16.5. The zero-order chi connectivity index (χ0) is 22.6. The average Bonchev–Trinajstić information content (AvgIpc) is 3.24. The van der Waals surface area contributed by atoms with Gasteiger partial charge < -0.3 is 20.1 Å². The number of methoxy groups -OCH3 is 2. The van der Waals surface area contributed by atoms with Crippen LogP contribution in [0, 0.1) is 0 Å². The van der Waals surface area contributed by atoms with E-state index in [0.29, 0.717) is 11.4 Å². The molecule has 0 spiro atoms. The van der Waals surface area contributed by atoms with Crippen LogP contribution in [0.4, 0.5) is 21.0 Å². The van der Waals surface area contributed by atoms with Crippen LogP contribution in [0.5, 0.6) is 0 Å². The van der Waals surface area contributed by atoms with Gasteiger partial charge in [-0.3, -0.25) is 10.6 Å². The predicted molar refractivity (Wildman–Crippen MR) is 130 cm³/mol. The topological polar surface area (TPSA) is 114 Å². The number of thiazole rings is 1. The van der Waals surface area contributed by atoms with Crippen molar-refractivity contribution >= 4 is 79.8 Å². The number of para-hydroxylation sites is 3. The Kier molecular flexibility index (Phi) is 9.55. The van der Waals surface area contributed by atoms with Gasteiger partial charge in [0, 0.05) is 0 Å². The van der Waals surface area contributed by atoms with Crippen LogP contribution in [-0.4, -0.2) is 41.6 Å². The van der Waals surface area contributed by atoms with E-state index in [1.54, 1.807) is 35.6 Å². The van der Waals surface area contributed by atoms with E-state index in [1.165, 1.54) is 18.9 Å². The molecule has 0 aliphatic rings.